The van der Waals surface area contributed by atoms with Crippen LogP contribution in [0.2, 0.25) is 0 Å². The molecule has 0 saturated carbocycles. The van der Waals surface area contributed by atoms with Crippen molar-refractivity contribution in [3.8, 4) is 27.9 Å². The summed E-state index contributed by atoms with van der Waals surface area (Å²) in [7, 11) is 0. The van der Waals surface area contributed by atoms with E-state index in [9.17, 15) is 0 Å². The van der Waals surface area contributed by atoms with Crippen LogP contribution < -0.4 is 0 Å². The average molecular weight is 432 g/mol. The Bertz CT molecular complexity index is 1880. The minimum atomic E-state index is 1.02. The van der Waals surface area contributed by atoms with Crippen molar-refractivity contribution in [1.82, 2.24) is 4.57 Å². The van der Waals surface area contributed by atoms with Gasteiger partial charge >= 0.3 is 0 Å². The van der Waals surface area contributed by atoms with Crippen LogP contribution in [0, 0.1) is 0 Å². The van der Waals surface area contributed by atoms with Crippen molar-refractivity contribution in [3.63, 3.8) is 0 Å². The highest BCUT2D eigenvalue weighted by atomic mass is 15.0. The largest absolute Gasteiger partial charge is 0.309 e. The van der Waals surface area contributed by atoms with Crippen LogP contribution in [0.25, 0.3) is 49.7 Å². The first-order valence-electron chi connectivity index (χ1n) is 12.3. The molecule has 0 fully saturated rings. The molecule has 0 atom stereocenters. The standard InChI is InChI=1S/C33H21N/c1-3-9-22-19(6-1)16-27-24(22)12-14-30-28(27)18-21-8-5-11-26-32-29-17-20-7-2-4-10-23(20)25(29)13-15-31(32)34(30)33(21)26/h1-15H,16-18H2. The molecule has 1 heteroatoms. The second kappa shape index (κ2) is 5.87. The highest BCUT2D eigenvalue weighted by molar-refractivity contribution is 6.15. The molecule has 2 aliphatic carbocycles. The Kier molecular flexibility index (Phi) is 3.00. The molecule has 0 N–H and O–H groups in total. The van der Waals surface area contributed by atoms with E-state index in [1.807, 2.05) is 0 Å². The molecule has 158 valence electrons. The number of rotatable bonds is 0. The number of hydrogen-bond acceptors (Lipinski definition) is 0. The fourth-order valence-electron chi connectivity index (χ4n) is 7.12. The Morgan fingerprint density at radius 1 is 0.471 bits per heavy atom. The molecule has 6 aromatic rings. The van der Waals surface area contributed by atoms with Gasteiger partial charge in [0, 0.05) is 17.2 Å². The number of hydrogen-bond donors (Lipinski definition) is 0. The maximum Gasteiger partial charge on any atom is 0.0576 e. The molecule has 2 heterocycles. The highest BCUT2D eigenvalue weighted by Gasteiger charge is 2.30. The van der Waals surface area contributed by atoms with E-state index in [4.69, 9.17) is 0 Å². The summed E-state index contributed by atoms with van der Waals surface area (Å²) in [4.78, 5) is 0. The first-order chi connectivity index (χ1) is 16.9. The molecule has 0 spiro atoms. The molecule has 0 unspecified atom stereocenters. The van der Waals surface area contributed by atoms with E-state index in [1.54, 1.807) is 0 Å². The summed E-state index contributed by atoms with van der Waals surface area (Å²) < 4.78 is 2.57. The van der Waals surface area contributed by atoms with Gasteiger partial charge in [-0.1, -0.05) is 78.9 Å². The first-order valence-corrected chi connectivity index (χ1v) is 12.3. The Morgan fingerprint density at radius 2 is 1.12 bits per heavy atom. The van der Waals surface area contributed by atoms with Crippen molar-refractivity contribution in [3.05, 3.63) is 124 Å². The van der Waals surface area contributed by atoms with E-state index in [0.29, 0.717) is 0 Å². The van der Waals surface area contributed by atoms with Crippen molar-refractivity contribution in [1.29, 1.82) is 0 Å². The molecule has 9 rings (SSSR count). The fourth-order valence-corrected chi connectivity index (χ4v) is 7.12. The zero-order valence-electron chi connectivity index (χ0n) is 18.7. The van der Waals surface area contributed by atoms with Crippen molar-refractivity contribution >= 4 is 21.8 Å². The topological polar surface area (TPSA) is 4.93 Å². The zero-order valence-corrected chi connectivity index (χ0v) is 18.7. The SMILES string of the molecule is c1ccc2c(c1)Cc1c-2ccc2c1Cc1cccc3c4c5c(ccc4n-2c13)-c1ccccc1C5. The van der Waals surface area contributed by atoms with Crippen LogP contribution >= 0.6 is 0 Å². The number of aromatic nitrogens is 1. The zero-order chi connectivity index (χ0) is 22.0. The van der Waals surface area contributed by atoms with Crippen molar-refractivity contribution in [2.24, 2.45) is 0 Å². The van der Waals surface area contributed by atoms with Crippen molar-refractivity contribution in [2.75, 3.05) is 0 Å². The van der Waals surface area contributed by atoms with Crippen molar-refractivity contribution < 1.29 is 0 Å². The smallest absolute Gasteiger partial charge is 0.0576 e. The molecule has 0 bridgehead atoms. The summed E-state index contributed by atoms with van der Waals surface area (Å²) in [5.74, 6) is 0. The van der Waals surface area contributed by atoms with Crippen molar-refractivity contribution in [2.45, 2.75) is 19.3 Å². The average Bonchev–Trinajstić information content (AvgIpc) is 3.55. The lowest BCUT2D eigenvalue weighted by atomic mass is 9.91. The molecule has 34 heavy (non-hydrogen) atoms. The van der Waals surface area contributed by atoms with Crippen LogP contribution in [0.4, 0.5) is 0 Å². The van der Waals surface area contributed by atoms with Crippen LogP contribution in [0.5, 0.6) is 0 Å². The summed E-state index contributed by atoms with van der Waals surface area (Å²) in [6, 6.07) is 34.3. The predicted octanol–water partition coefficient (Wildman–Crippen LogP) is 7.83. The molecule has 1 nitrogen and oxygen atoms in total. The number of benzene rings is 5. The Hall–Kier alpha value is -4.10. The van der Waals surface area contributed by atoms with Gasteiger partial charge in [-0.15, -0.1) is 0 Å². The number of para-hydroxylation sites is 1. The maximum absolute atomic E-state index is 2.57. The van der Waals surface area contributed by atoms with E-state index < -0.39 is 0 Å². The van der Waals surface area contributed by atoms with Crippen LogP contribution in [0.1, 0.15) is 33.4 Å². The minimum Gasteiger partial charge on any atom is -0.309 e. The number of nitrogens with zero attached hydrogens (tertiary/aromatic N) is 1. The van der Waals surface area contributed by atoms with Crippen LogP contribution in [0.15, 0.2) is 91.0 Å². The normalized spacial score (nSPS) is 14.1. The van der Waals surface area contributed by atoms with Gasteiger partial charge in [-0.3, -0.25) is 0 Å². The Balaban J connectivity index is 1.38. The number of fused-ring (bicyclic) bond motifs is 13. The van der Waals surface area contributed by atoms with Gasteiger partial charge < -0.3 is 4.57 Å². The lowest BCUT2D eigenvalue weighted by molar-refractivity contribution is 1.02. The van der Waals surface area contributed by atoms with E-state index in [1.165, 1.54) is 83.1 Å². The van der Waals surface area contributed by atoms with Gasteiger partial charge in [-0.05, 0) is 80.6 Å². The maximum atomic E-state index is 2.57. The predicted molar refractivity (Wildman–Crippen MR) is 140 cm³/mol. The van der Waals surface area contributed by atoms with Gasteiger partial charge in [0.15, 0.2) is 0 Å². The summed E-state index contributed by atoms with van der Waals surface area (Å²) in [5.41, 5.74) is 18.7. The molecule has 0 amide bonds. The second-order valence-corrected chi connectivity index (χ2v) is 10.1. The first kappa shape index (κ1) is 17.4. The molecular formula is C33H21N. The lowest BCUT2D eigenvalue weighted by Crippen LogP contribution is -2.10. The highest BCUT2D eigenvalue weighted by Crippen LogP contribution is 2.49. The van der Waals surface area contributed by atoms with Crippen LogP contribution in [0.3, 0.4) is 0 Å². The monoisotopic (exact) mass is 431 g/mol. The summed E-state index contributed by atoms with van der Waals surface area (Å²) in [5, 5.41) is 2.86. The minimum absolute atomic E-state index is 1.02. The molecule has 1 aliphatic heterocycles. The summed E-state index contributed by atoms with van der Waals surface area (Å²) >= 11 is 0. The quantitative estimate of drug-likeness (QED) is 0.231. The second-order valence-electron chi connectivity index (χ2n) is 10.1. The third-order valence-corrected chi connectivity index (χ3v) is 8.51. The molecule has 5 aromatic carbocycles. The van der Waals surface area contributed by atoms with Gasteiger partial charge in [-0.25, -0.2) is 0 Å². The van der Waals surface area contributed by atoms with Gasteiger partial charge in [0.2, 0.25) is 0 Å². The van der Waals surface area contributed by atoms with E-state index >= 15 is 0 Å². The van der Waals surface area contributed by atoms with E-state index in [0.717, 1.165) is 19.3 Å². The Labute approximate surface area is 197 Å². The third kappa shape index (κ3) is 1.94. The van der Waals surface area contributed by atoms with Gasteiger partial charge in [-0.2, -0.15) is 0 Å². The molecule has 0 radical (unpaired) electrons. The molecule has 3 aliphatic rings. The van der Waals surface area contributed by atoms with Crippen LogP contribution in [-0.2, 0) is 19.3 Å². The molecular weight excluding hydrogens is 410 g/mol. The van der Waals surface area contributed by atoms with Gasteiger partial charge in [0.05, 0.1) is 16.7 Å². The van der Waals surface area contributed by atoms with E-state index in [-0.39, 0.29) is 0 Å². The van der Waals surface area contributed by atoms with Gasteiger partial charge in [0.25, 0.3) is 0 Å². The molecule has 1 aromatic heterocycles. The fraction of sp³-hybridized carbons (Fsp3) is 0.0909. The van der Waals surface area contributed by atoms with Crippen LogP contribution in [-0.4, -0.2) is 4.57 Å². The summed E-state index contributed by atoms with van der Waals surface area (Å²) in [6.45, 7) is 0. The lowest BCUT2D eigenvalue weighted by Gasteiger charge is -2.23. The van der Waals surface area contributed by atoms with E-state index in [2.05, 4.69) is 95.6 Å². The third-order valence-electron chi connectivity index (χ3n) is 8.51. The Morgan fingerprint density at radius 3 is 1.94 bits per heavy atom. The molecule has 0 saturated heterocycles. The van der Waals surface area contributed by atoms with Gasteiger partial charge in [0.1, 0.15) is 0 Å². The summed E-state index contributed by atoms with van der Waals surface area (Å²) in [6.07, 6.45) is 3.09.